The van der Waals surface area contributed by atoms with Crippen LogP contribution in [0.4, 0.5) is 0 Å². The summed E-state index contributed by atoms with van der Waals surface area (Å²) in [5.41, 5.74) is 9.00. The Morgan fingerprint density at radius 3 is 2.44 bits per heavy atom. The second kappa shape index (κ2) is 6.70. The van der Waals surface area contributed by atoms with Crippen molar-refractivity contribution in [2.75, 3.05) is 0 Å². The van der Waals surface area contributed by atoms with E-state index in [9.17, 15) is 0 Å². The molecule has 0 fully saturated rings. The first-order valence-electron chi connectivity index (χ1n) is 6.48. The number of hydrogen-bond donors (Lipinski definition) is 1. The minimum absolute atomic E-state index is 0.217. The van der Waals surface area contributed by atoms with Crippen molar-refractivity contribution >= 4 is 0 Å². The predicted molar refractivity (Wildman–Crippen MR) is 71.4 cm³/mol. The van der Waals surface area contributed by atoms with E-state index < -0.39 is 0 Å². The molecule has 0 amide bonds. The van der Waals surface area contributed by atoms with Crippen LogP contribution >= 0.6 is 0 Å². The molecule has 1 heteroatoms. The van der Waals surface area contributed by atoms with Crippen LogP contribution < -0.4 is 5.73 Å². The van der Waals surface area contributed by atoms with E-state index in [1.165, 1.54) is 24.0 Å². The van der Waals surface area contributed by atoms with Crippen LogP contribution in [0.25, 0.3) is 0 Å². The van der Waals surface area contributed by atoms with Gasteiger partial charge in [0, 0.05) is 6.04 Å². The van der Waals surface area contributed by atoms with Crippen molar-refractivity contribution in [2.24, 2.45) is 11.7 Å². The van der Waals surface area contributed by atoms with Gasteiger partial charge in [0.05, 0.1) is 0 Å². The normalized spacial score (nSPS) is 13.1. The van der Waals surface area contributed by atoms with E-state index in [-0.39, 0.29) is 6.04 Å². The van der Waals surface area contributed by atoms with Gasteiger partial charge in [0.2, 0.25) is 0 Å². The first-order valence-corrected chi connectivity index (χ1v) is 6.48. The van der Waals surface area contributed by atoms with Gasteiger partial charge in [-0.3, -0.25) is 0 Å². The second-order valence-corrected chi connectivity index (χ2v) is 4.98. The Bertz CT molecular complexity index is 304. The van der Waals surface area contributed by atoms with Crippen LogP contribution in [-0.2, 0) is 6.42 Å². The van der Waals surface area contributed by atoms with E-state index in [0.717, 1.165) is 18.8 Å². The quantitative estimate of drug-likeness (QED) is 0.766. The van der Waals surface area contributed by atoms with Crippen molar-refractivity contribution in [3.63, 3.8) is 0 Å². The van der Waals surface area contributed by atoms with Gasteiger partial charge < -0.3 is 5.73 Å². The molecule has 1 atom stereocenters. The molecule has 90 valence electrons. The zero-order chi connectivity index (χ0) is 12.0. The fraction of sp³-hybridized carbons (Fsp3) is 0.600. The first kappa shape index (κ1) is 13.2. The minimum Gasteiger partial charge on any atom is -0.324 e. The Hall–Kier alpha value is -0.820. The molecule has 0 bridgehead atoms. The molecule has 0 heterocycles. The molecule has 1 unspecified atom stereocenters. The lowest BCUT2D eigenvalue weighted by molar-refractivity contribution is 0.504. The molecule has 0 aliphatic carbocycles. The number of nitrogens with two attached hydrogens (primary N) is 1. The van der Waals surface area contributed by atoms with Crippen molar-refractivity contribution < 1.29 is 0 Å². The minimum atomic E-state index is 0.217. The Kier molecular flexibility index (Phi) is 5.54. The van der Waals surface area contributed by atoms with Crippen LogP contribution in [0.5, 0.6) is 0 Å². The molecule has 0 aromatic heterocycles. The highest BCUT2D eigenvalue weighted by Crippen LogP contribution is 2.22. The lowest BCUT2D eigenvalue weighted by atomic mass is 9.94. The molecule has 16 heavy (non-hydrogen) atoms. The summed E-state index contributed by atoms with van der Waals surface area (Å²) in [6.45, 7) is 6.73. The van der Waals surface area contributed by atoms with Crippen LogP contribution in [0.2, 0.25) is 0 Å². The Morgan fingerprint density at radius 2 is 1.81 bits per heavy atom. The van der Waals surface area contributed by atoms with Gasteiger partial charge in [-0.25, -0.2) is 0 Å². The third-order valence-electron chi connectivity index (χ3n) is 3.13. The van der Waals surface area contributed by atoms with Crippen molar-refractivity contribution in [1.82, 2.24) is 0 Å². The molecule has 2 N–H and O–H groups in total. The lowest BCUT2D eigenvalue weighted by Gasteiger charge is -2.16. The summed E-state index contributed by atoms with van der Waals surface area (Å²) in [5.74, 6) is 0.786. The number of benzene rings is 1. The maximum absolute atomic E-state index is 6.26. The maximum Gasteiger partial charge on any atom is 0.0297 e. The van der Waals surface area contributed by atoms with E-state index in [4.69, 9.17) is 5.73 Å². The van der Waals surface area contributed by atoms with Gasteiger partial charge >= 0.3 is 0 Å². The molecule has 1 aromatic carbocycles. The number of hydrogen-bond acceptors (Lipinski definition) is 1. The predicted octanol–water partition coefficient (Wildman–Crippen LogP) is 4.08. The van der Waals surface area contributed by atoms with Gasteiger partial charge in [-0.1, -0.05) is 57.9 Å². The molecule has 0 saturated carbocycles. The molecule has 1 nitrogen and oxygen atoms in total. The van der Waals surface area contributed by atoms with E-state index in [2.05, 4.69) is 45.0 Å². The summed E-state index contributed by atoms with van der Waals surface area (Å²) in [5, 5.41) is 0. The summed E-state index contributed by atoms with van der Waals surface area (Å²) in [7, 11) is 0. The average Bonchev–Trinajstić information content (AvgIpc) is 2.28. The summed E-state index contributed by atoms with van der Waals surface area (Å²) < 4.78 is 0. The molecule has 0 saturated heterocycles. The van der Waals surface area contributed by atoms with Crippen molar-refractivity contribution in [1.29, 1.82) is 0 Å². The Labute approximate surface area is 100 Å². The number of aryl methyl sites for hydroxylation is 1. The van der Waals surface area contributed by atoms with Gasteiger partial charge in [-0.2, -0.15) is 0 Å². The van der Waals surface area contributed by atoms with Gasteiger partial charge in [-0.05, 0) is 29.9 Å². The molecule has 1 aromatic rings. The monoisotopic (exact) mass is 219 g/mol. The zero-order valence-corrected chi connectivity index (χ0v) is 10.9. The summed E-state index contributed by atoms with van der Waals surface area (Å²) >= 11 is 0. The molecular weight excluding hydrogens is 194 g/mol. The van der Waals surface area contributed by atoms with Gasteiger partial charge in [0.1, 0.15) is 0 Å². The van der Waals surface area contributed by atoms with E-state index in [1.807, 2.05) is 0 Å². The summed E-state index contributed by atoms with van der Waals surface area (Å²) in [4.78, 5) is 0. The maximum atomic E-state index is 6.26. The summed E-state index contributed by atoms with van der Waals surface area (Å²) in [6, 6.07) is 8.78. The third kappa shape index (κ3) is 3.97. The smallest absolute Gasteiger partial charge is 0.0297 e. The van der Waals surface area contributed by atoms with Crippen LogP contribution in [-0.4, -0.2) is 0 Å². The fourth-order valence-electron chi connectivity index (χ4n) is 2.12. The highest BCUT2D eigenvalue weighted by Gasteiger charge is 2.09. The SMILES string of the molecule is CCc1ccccc1C(N)CCCC(C)C. The fourth-order valence-corrected chi connectivity index (χ4v) is 2.12. The molecule has 0 aliphatic rings. The summed E-state index contributed by atoms with van der Waals surface area (Å²) in [6.07, 6.45) is 4.70. The van der Waals surface area contributed by atoms with Crippen molar-refractivity contribution in [3.8, 4) is 0 Å². The molecule has 0 spiro atoms. The van der Waals surface area contributed by atoms with Gasteiger partial charge in [0.25, 0.3) is 0 Å². The van der Waals surface area contributed by atoms with E-state index >= 15 is 0 Å². The molecular formula is C15H25N. The van der Waals surface area contributed by atoms with Crippen molar-refractivity contribution in [3.05, 3.63) is 35.4 Å². The average molecular weight is 219 g/mol. The van der Waals surface area contributed by atoms with Gasteiger partial charge in [-0.15, -0.1) is 0 Å². The van der Waals surface area contributed by atoms with Gasteiger partial charge in [0.15, 0.2) is 0 Å². The van der Waals surface area contributed by atoms with E-state index in [1.54, 1.807) is 0 Å². The number of rotatable bonds is 6. The topological polar surface area (TPSA) is 26.0 Å². The third-order valence-corrected chi connectivity index (χ3v) is 3.13. The van der Waals surface area contributed by atoms with Crippen LogP contribution in [0.1, 0.15) is 57.2 Å². The highest BCUT2D eigenvalue weighted by atomic mass is 14.6. The molecule has 0 radical (unpaired) electrons. The second-order valence-electron chi connectivity index (χ2n) is 4.98. The van der Waals surface area contributed by atoms with Crippen LogP contribution in [0, 0.1) is 5.92 Å². The van der Waals surface area contributed by atoms with Crippen LogP contribution in [0.3, 0.4) is 0 Å². The Balaban J connectivity index is 2.55. The Morgan fingerprint density at radius 1 is 1.12 bits per heavy atom. The van der Waals surface area contributed by atoms with Crippen LogP contribution in [0.15, 0.2) is 24.3 Å². The lowest BCUT2D eigenvalue weighted by Crippen LogP contribution is -2.12. The van der Waals surface area contributed by atoms with Crippen molar-refractivity contribution in [2.45, 2.75) is 52.5 Å². The van der Waals surface area contributed by atoms with E-state index in [0.29, 0.717) is 0 Å². The largest absolute Gasteiger partial charge is 0.324 e. The zero-order valence-electron chi connectivity index (χ0n) is 10.9. The highest BCUT2D eigenvalue weighted by molar-refractivity contribution is 5.29. The molecule has 0 aliphatic heterocycles. The first-order chi connectivity index (χ1) is 7.65. The molecule has 1 rings (SSSR count). The standard InChI is InChI=1S/C15H25N/c1-4-13-9-5-6-10-14(13)15(16)11-7-8-12(2)3/h5-6,9-10,12,15H,4,7-8,11,16H2,1-3H3.